The van der Waals surface area contributed by atoms with E-state index in [1.54, 1.807) is 11.3 Å². The molecule has 2 aromatic rings. The number of hydrazine groups is 1. The second kappa shape index (κ2) is 11.6. The third-order valence-corrected chi connectivity index (χ3v) is 8.62. The van der Waals surface area contributed by atoms with Crippen molar-refractivity contribution < 1.29 is 9.53 Å². The van der Waals surface area contributed by atoms with E-state index in [0.29, 0.717) is 5.56 Å². The molecule has 37 heavy (non-hydrogen) atoms. The summed E-state index contributed by atoms with van der Waals surface area (Å²) in [4.78, 5) is 17.1. The van der Waals surface area contributed by atoms with Crippen molar-refractivity contribution in [1.82, 2.24) is 14.9 Å². The van der Waals surface area contributed by atoms with Crippen LogP contribution in [0.25, 0.3) is 5.70 Å². The number of thiophene rings is 1. The van der Waals surface area contributed by atoms with Crippen LogP contribution >= 0.6 is 11.3 Å². The van der Waals surface area contributed by atoms with Crippen molar-refractivity contribution in [2.75, 3.05) is 25.1 Å². The quantitative estimate of drug-likeness (QED) is 0.299. The van der Waals surface area contributed by atoms with E-state index in [1.807, 2.05) is 20.8 Å². The predicted octanol–water partition coefficient (Wildman–Crippen LogP) is 6.66. The first-order valence-electron chi connectivity index (χ1n) is 13.7. The van der Waals surface area contributed by atoms with Gasteiger partial charge in [0.2, 0.25) is 0 Å². The fourth-order valence-corrected chi connectivity index (χ4v) is 6.80. The summed E-state index contributed by atoms with van der Waals surface area (Å²) in [6.45, 7) is 17.9. The third kappa shape index (κ3) is 6.39. The summed E-state index contributed by atoms with van der Waals surface area (Å²) in [5.74, 6) is -0.228. The summed E-state index contributed by atoms with van der Waals surface area (Å²) >= 11 is 1.70. The molecule has 1 aliphatic carbocycles. The van der Waals surface area contributed by atoms with Crippen molar-refractivity contribution in [2.45, 2.75) is 92.2 Å². The normalized spacial score (nSPS) is 18.4. The van der Waals surface area contributed by atoms with E-state index in [2.05, 4.69) is 72.5 Å². The van der Waals surface area contributed by atoms with E-state index in [1.165, 1.54) is 39.3 Å². The molecule has 3 heterocycles. The minimum absolute atomic E-state index is 0.0335. The zero-order chi connectivity index (χ0) is 26.7. The number of likely N-dealkylation sites (N-methyl/N-ethyl adjacent to an activating group) is 1. The number of ether oxygens (including phenoxy) is 1. The van der Waals surface area contributed by atoms with E-state index in [0.717, 1.165) is 50.3 Å². The second-order valence-corrected chi connectivity index (χ2v) is 12.5. The summed E-state index contributed by atoms with van der Waals surface area (Å²) in [5, 5.41) is 0.873. The summed E-state index contributed by atoms with van der Waals surface area (Å²) in [5.41, 5.74) is 13.8. The minimum atomic E-state index is -0.528. The number of nitrogens with zero attached hydrogens (tertiary/aromatic N) is 2. The van der Waals surface area contributed by atoms with Gasteiger partial charge in [-0.2, -0.15) is 0 Å². The summed E-state index contributed by atoms with van der Waals surface area (Å²) in [6, 6.07) is 4.18. The molecule has 0 radical (unpaired) electrons. The van der Waals surface area contributed by atoms with Gasteiger partial charge in [-0.1, -0.05) is 12.5 Å². The Bertz CT molecular complexity index is 1170. The Morgan fingerprint density at radius 1 is 1.16 bits per heavy atom. The average molecular weight is 525 g/mol. The predicted molar refractivity (Wildman–Crippen MR) is 155 cm³/mol. The van der Waals surface area contributed by atoms with Gasteiger partial charge in [0.25, 0.3) is 0 Å². The number of rotatable bonds is 8. The zero-order valence-corrected chi connectivity index (χ0v) is 24.5. The topological polar surface area (TPSA) is 58.5 Å². The maximum atomic E-state index is 13.3. The lowest BCUT2D eigenvalue weighted by molar-refractivity contribution is 0.00697. The summed E-state index contributed by atoms with van der Waals surface area (Å²) in [7, 11) is 0. The molecule has 2 N–H and O–H groups in total. The van der Waals surface area contributed by atoms with Crippen LogP contribution in [0.3, 0.4) is 0 Å². The van der Waals surface area contributed by atoms with Gasteiger partial charge in [-0.25, -0.2) is 10.2 Å². The highest BCUT2D eigenvalue weighted by atomic mass is 32.1. The molecule has 2 aliphatic rings. The molecule has 1 unspecified atom stereocenters. The maximum Gasteiger partial charge on any atom is 0.342 e. The van der Waals surface area contributed by atoms with Gasteiger partial charge in [-0.05, 0) is 109 Å². The molecule has 0 aromatic carbocycles. The van der Waals surface area contributed by atoms with Gasteiger partial charge in [0.1, 0.15) is 10.6 Å². The van der Waals surface area contributed by atoms with Crippen LogP contribution in [0.5, 0.6) is 0 Å². The lowest BCUT2D eigenvalue weighted by Crippen LogP contribution is -2.37. The van der Waals surface area contributed by atoms with Crippen LogP contribution in [0.4, 0.5) is 5.00 Å². The van der Waals surface area contributed by atoms with Crippen LogP contribution in [0.1, 0.15) is 88.5 Å². The summed E-state index contributed by atoms with van der Waals surface area (Å²) in [6.07, 6.45) is 9.53. The number of nitrogens with one attached hydrogen (secondary N) is 2. The van der Waals surface area contributed by atoms with Crippen LogP contribution < -0.4 is 10.9 Å². The standard InChI is InChI=1S/C30H44N4O2S/c1-8-33-18-15-23(20(2)19-33)26(22(4)34-16-11-12-17-34)21(3)31-32-28-27(29(35)36-30(5,6)7)24-13-9-10-14-25(24)37-28/h11-12,16-17,21,31-32H,8-10,13-15,18-19H2,1-7H3/b26-22+. The SMILES string of the molecule is CCN1CCC(/C(=C(\C)n2cccc2)C(C)NNc2sc3c(c2C(=O)OC(C)(C)C)CCCC3)=C(C)C1. The van der Waals surface area contributed by atoms with Crippen LogP contribution in [0.2, 0.25) is 0 Å². The Balaban J connectivity index is 1.64. The molecule has 6 nitrogen and oxygen atoms in total. The molecule has 0 amide bonds. The fourth-order valence-electron chi connectivity index (χ4n) is 5.56. The van der Waals surface area contributed by atoms with Crippen molar-refractivity contribution in [1.29, 1.82) is 0 Å². The van der Waals surface area contributed by atoms with Gasteiger partial charge in [-0.3, -0.25) is 4.90 Å². The molecule has 0 bridgehead atoms. The molecule has 0 spiro atoms. The van der Waals surface area contributed by atoms with Crippen molar-refractivity contribution in [3.8, 4) is 0 Å². The van der Waals surface area contributed by atoms with E-state index in [9.17, 15) is 4.79 Å². The lowest BCUT2D eigenvalue weighted by atomic mass is 9.89. The Labute approximate surface area is 226 Å². The number of carbonyl (C=O) groups is 1. The molecule has 7 heteroatoms. The molecular formula is C30H44N4O2S. The number of aryl methyl sites for hydroxylation is 1. The Morgan fingerprint density at radius 2 is 1.86 bits per heavy atom. The molecule has 4 rings (SSSR count). The molecule has 202 valence electrons. The van der Waals surface area contributed by atoms with Gasteiger partial charge in [0.15, 0.2) is 0 Å². The molecular weight excluding hydrogens is 480 g/mol. The number of fused-ring (bicyclic) bond motifs is 1. The van der Waals surface area contributed by atoms with Crippen LogP contribution in [-0.4, -0.2) is 46.7 Å². The second-order valence-electron chi connectivity index (χ2n) is 11.4. The molecule has 1 atom stereocenters. The maximum absolute atomic E-state index is 13.3. The van der Waals surface area contributed by atoms with Gasteiger partial charge >= 0.3 is 5.97 Å². The molecule has 0 fully saturated rings. The van der Waals surface area contributed by atoms with Gasteiger partial charge < -0.3 is 14.7 Å². The number of allylic oxidation sites excluding steroid dienone is 1. The first-order chi connectivity index (χ1) is 17.6. The van der Waals surface area contributed by atoms with Gasteiger partial charge in [0, 0.05) is 36.1 Å². The number of hydrogen-bond acceptors (Lipinski definition) is 6. The van der Waals surface area contributed by atoms with E-state index in [4.69, 9.17) is 4.74 Å². The molecule has 1 aliphatic heterocycles. The van der Waals surface area contributed by atoms with E-state index in [-0.39, 0.29) is 12.0 Å². The Morgan fingerprint density at radius 3 is 2.51 bits per heavy atom. The van der Waals surface area contributed by atoms with Crippen molar-refractivity contribution in [2.24, 2.45) is 0 Å². The fraction of sp³-hybridized carbons (Fsp3) is 0.567. The lowest BCUT2D eigenvalue weighted by Gasteiger charge is -2.33. The van der Waals surface area contributed by atoms with Crippen molar-refractivity contribution in [3.05, 3.63) is 57.2 Å². The largest absolute Gasteiger partial charge is 0.456 e. The minimum Gasteiger partial charge on any atom is -0.456 e. The number of carbonyl (C=O) groups excluding carboxylic acids is 1. The van der Waals surface area contributed by atoms with E-state index >= 15 is 0 Å². The van der Waals surface area contributed by atoms with Gasteiger partial charge in [0.05, 0.1) is 11.6 Å². The summed E-state index contributed by atoms with van der Waals surface area (Å²) < 4.78 is 8.04. The number of esters is 1. The van der Waals surface area contributed by atoms with Crippen LogP contribution in [-0.2, 0) is 17.6 Å². The average Bonchev–Trinajstić information content (AvgIpc) is 3.50. The highest BCUT2D eigenvalue weighted by Crippen LogP contribution is 2.39. The zero-order valence-electron chi connectivity index (χ0n) is 23.7. The molecule has 0 saturated heterocycles. The smallest absolute Gasteiger partial charge is 0.342 e. The highest BCUT2D eigenvalue weighted by Gasteiger charge is 2.30. The number of aromatic nitrogens is 1. The monoisotopic (exact) mass is 524 g/mol. The molecule has 2 aromatic heterocycles. The van der Waals surface area contributed by atoms with Gasteiger partial charge in [-0.15, -0.1) is 11.3 Å². The van der Waals surface area contributed by atoms with Crippen molar-refractivity contribution in [3.63, 3.8) is 0 Å². The number of anilines is 1. The highest BCUT2D eigenvalue weighted by molar-refractivity contribution is 7.16. The van der Waals surface area contributed by atoms with E-state index < -0.39 is 5.60 Å². The number of hydrogen-bond donors (Lipinski definition) is 2. The first kappa shape index (κ1) is 27.7. The van der Waals surface area contributed by atoms with Crippen LogP contribution in [0, 0.1) is 0 Å². The molecule has 0 saturated carbocycles. The Hall–Kier alpha value is -2.35. The third-order valence-electron chi connectivity index (χ3n) is 7.42. The Kier molecular flexibility index (Phi) is 8.66. The first-order valence-corrected chi connectivity index (χ1v) is 14.6. The van der Waals surface area contributed by atoms with Crippen LogP contribution in [0.15, 0.2) is 41.2 Å². The van der Waals surface area contributed by atoms with Crippen molar-refractivity contribution >= 4 is 28.0 Å².